The topological polar surface area (TPSA) is 68.2 Å². The van der Waals surface area contributed by atoms with E-state index >= 15 is 0 Å². The number of guanidine groups is 1. The molecule has 27 heavy (non-hydrogen) atoms. The van der Waals surface area contributed by atoms with Crippen molar-refractivity contribution in [3.63, 3.8) is 0 Å². The number of piperidine rings is 1. The summed E-state index contributed by atoms with van der Waals surface area (Å²) < 4.78 is 0. The molecule has 1 aromatic carbocycles. The minimum absolute atomic E-state index is 0. The van der Waals surface area contributed by atoms with E-state index in [1.54, 1.807) is 0 Å². The van der Waals surface area contributed by atoms with Crippen molar-refractivity contribution >= 4 is 35.8 Å². The summed E-state index contributed by atoms with van der Waals surface area (Å²) in [5.41, 5.74) is 1.78. The number of carbonyl (C=O) groups excluding carboxylic acids is 1. The van der Waals surface area contributed by atoms with E-state index in [0.717, 1.165) is 62.5 Å². The van der Waals surface area contributed by atoms with E-state index in [1.807, 2.05) is 36.1 Å². The van der Waals surface area contributed by atoms with Gasteiger partial charge in [0.2, 0.25) is 0 Å². The molecule has 0 aromatic heterocycles. The molecule has 0 aliphatic carbocycles. The summed E-state index contributed by atoms with van der Waals surface area (Å²) >= 11 is 0. The molecule has 150 valence electrons. The number of aliphatic hydroxyl groups excluding tert-OH is 1. The largest absolute Gasteiger partial charge is 0.391 e. The normalized spacial score (nSPS) is 20.4. The van der Waals surface area contributed by atoms with Crippen molar-refractivity contribution in [1.29, 1.82) is 0 Å². The Labute approximate surface area is 179 Å². The van der Waals surface area contributed by atoms with Crippen LogP contribution in [0.2, 0.25) is 0 Å². The Morgan fingerprint density at radius 2 is 2.00 bits per heavy atom. The van der Waals surface area contributed by atoms with Crippen molar-refractivity contribution in [1.82, 2.24) is 15.1 Å². The number of rotatable bonds is 4. The van der Waals surface area contributed by atoms with Gasteiger partial charge in [-0.15, -0.1) is 24.0 Å². The Morgan fingerprint density at radius 1 is 1.22 bits per heavy atom. The summed E-state index contributed by atoms with van der Waals surface area (Å²) in [5, 5.41) is 13.1. The summed E-state index contributed by atoms with van der Waals surface area (Å²) in [5.74, 6) is 0.960. The highest BCUT2D eigenvalue weighted by molar-refractivity contribution is 14.0. The van der Waals surface area contributed by atoms with E-state index in [2.05, 4.69) is 10.2 Å². The maximum atomic E-state index is 12.7. The minimum Gasteiger partial charge on any atom is -0.391 e. The number of aliphatic hydroxyl groups is 1. The van der Waals surface area contributed by atoms with Gasteiger partial charge >= 0.3 is 0 Å². The number of carbonyl (C=O) groups is 1. The van der Waals surface area contributed by atoms with E-state index in [-0.39, 0.29) is 36.0 Å². The van der Waals surface area contributed by atoms with Gasteiger partial charge in [0.05, 0.1) is 12.6 Å². The van der Waals surface area contributed by atoms with Crippen LogP contribution in [0, 0.1) is 0 Å². The highest BCUT2D eigenvalue weighted by Crippen LogP contribution is 2.15. The second-order valence-electron chi connectivity index (χ2n) is 7.11. The second kappa shape index (κ2) is 10.8. The van der Waals surface area contributed by atoms with Crippen LogP contribution in [-0.2, 0) is 6.54 Å². The van der Waals surface area contributed by atoms with Gasteiger partial charge in [0.1, 0.15) is 0 Å². The van der Waals surface area contributed by atoms with Crippen LogP contribution < -0.4 is 5.32 Å². The molecule has 1 amide bonds. The molecule has 2 saturated heterocycles. The predicted molar refractivity (Wildman–Crippen MR) is 119 cm³/mol. The fourth-order valence-electron chi connectivity index (χ4n) is 3.61. The molecule has 2 aliphatic rings. The van der Waals surface area contributed by atoms with E-state index in [1.165, 1.54) is 6.42 Å². The fourth-order valence-corrected chi connectivity index (χ4v) is 3.61. The summed E-state index contributed by atoms with van der Waals surface area (Å²) in [6.45, 7) is 6.53. The molecule has 2 aliphatic heterocycles. The number of hydrogen-bond acceptors (Lipinski definition) is 3. The third-order valence-corrected chi connectivity index (χ3v) is 5.03. The maximum absolute atomic E-state index is 12.7. The molecule has 0 saturated carbocycles. The summed E-state index contributed by atoms with van der Waals surface area (Å²) in [4.78, 5) is 21.4. The lowest BCUT2D eigenvalue weighted by Gasteiger charge is -2.26. The number of benzene rings is 1. The average Bonchev–Trinajstić information content (AvgIpc) is 3.11. The van der Waals surface area contributed by atoms with E-state index in [4.69, 9.17) is 4.99 Å². The number of β-amino-alcohol motifs (C(OH)–C–C–N with tert-alkyl or cyclic N) is 1. The van der Waals surface area contributed by atoms with Crippen molar-refractivity contribution in [2.75, 3.05) is 32.7 Å². The van der Waals surface area contributed by atoms with Crippen LogP contribution in [0.15, 0.2) is 29.3 Å². The van der Waals surface area contributed by atoms with Crippen LogP contribution in [0.5, 0.6) is 0 Å². The standard InChI is InChI=1S/C20H30N4O2.HI/c1-2-21-20(24-12-9-18(25)15-24)22-14-16-7-6-8-17(13-16)19(26)23-10-4-3-5-11-23;/h6-8,13,18,25H,2-5,9-12,14-15H2,1H3,(H,21,22);1H/t18-;/m1./s1. The molecule has 2 heterocycles. The van der Waals surface area contributed by atoms with Crippen LogP contribution in [-0.4, -0.2) is 65.6 Å². The SMILES string of the molecule is CCNC(=NCc1cccc(C(=O)N2CCCCC2)c1)N1CC[C@@H](O)C1.I. The maximum Gasteiger partial charge on any atom is 0.253 e. The van der Waals surface area contributed by atoms with Crippen LogP contribution in [0.3, 0.4) is 0 Å². The van der Waals surface area contributed by atoms with Crippen LogP contribution >= 0.6 is 24.0 Å². The van der Waals surface area contributed by atoms with Crippen LogP contribution in [0.25, 0.3) is 0 Å². The van der Waals surface area contributed by atoms with E-state index < -0.39 is 0 Å². The van der Waals surface area contributed by atoms with Gasteiger partial charge in [-0.2, -0.15) is 0 Å². The number of aliphatic imine (C=N–C) groups is 1. The molecule has 0 spiro atoms. The van der Waals surface area contributed by atoms with Crippen molar-refractivity contribution in [3.8, 4) is 0 Å². The van der Waals surface area contributed by atoms with Crippen LogP contribution in [0.4, 0.5) is 0 Å². The van der Waals surface area contributed by atoms with Crippen molar-refractivity contribution in [2.24, 2.45) is 4.99 Å². The molecule has 3 rings (SSSR count). The smallest absolute Gasteiger partial charge is 0.253 e. The lowest BCUT2D eigenvalue weighted by Crippen LogP contribution is -2.40. The zero-order valence-corrected chi connectivity index (χ0v) is 18.4. The molecular weight excluding hydrogens is 455 g/mol. The lowest BCUT2D eigenvalue weighted by molar-refractivity contribution is 0.0724. The number of nitrogens with one attached hydrogen (secondary N) is 1. The Balaban J connectivity index is 0.00000261. The zero-order chi connectivity index (χ0) is 18.4. The van der Waals surface area contributed by atoms with Crippen molar-refractivity contribution < 1.29 is 9.90 Å². The average molecular weight is 486 g/mol. The molecule has 2 N–H and O–H groups in total. The lowest BCUT2D eigenvalue weighted by atomic mass is 10.1. The van der Waals surface area contributed by atoms with E-state index in [0.29, 0.717) is 13.1 Å². The van der Waals surface area contributed by atoms with Gasteiger partial charge in [-0.05, 0) is 50.3 Å². The highest BCUT2D eigenvalue weighted by atomic mass is 127. The molecule has 2 fully saturated rings. The van der Waals surface area contributed by atoms with Gasteiger partial charge in [-0.25, -0.2) is 4.99 Å². The molecule has 1 aromatic rings. The first kappa shape index (κ1) is 21.9. The second-order valence-corrected chi connectivity index (χ2v) is 7.11. The van der Waals surface area contributed by atoms with Gasteiger partial charge in [0.25, 0.3) is 5.91 Å². The quantitative estimate of drug-likeness (QED) is 0.390. The number of likely N-dealkylation sites (tertiary alicyclic amines) is 2. The molecular formula is C20H31IN4O2. The molecule has 1 atom stereocenters. The van der Waals surface area contributed by atoms with Crippen molar-refractivity contribution in [3.05, 3.63) is 35.4 Å². The third-order valence-electron chi connectivity index (χ3n) is 5.03. The number of halogens is 1. The van der Waals surface area contributed by atoms with Crippen LogP contribution in [0.1, 0.15) is 48.5 Å². The molecule has 6 nitrogen and oxygen atoms in total. The van der Waals surface area contributed by atoms with E-state index in [9.17, 15) is 9.90 Å². The number of nitrogens with zero attached hydrogens (tertiary/aromatic N) is 3. The monoisotopic (exact) mass is 486 g/mol. The van der Waals surface area contributed by atoms with Gasteiger partial charge in [-0.3, -0.25) is 4.79 Å². The first-order chi connectivity index (χ1) is 12.7. The molecule has 7 heteroatoms. The highest BCUT2D eigenvalue weighted by Gasteiger charge is 2.23. The van der Waals surface area contributed by atoms with Crippen molar-refractivity contribution in [2.45, 2.75) is 45.3 Å². The van der Waals surface area contributed by atoms with Gasteiger partial charge in [0, 0.05) is 38.3 Å². The molecule has 0 bridgehead atoms. The zero-order valence-electron chi connectivity index (χ0n) is 16.1. The summed E-state index contributed by atoms with van der Waals surface area (Å²) in [7, 11) is 0. The van der Waals surface area contributed by atoms with Gasteiger partial charge < -0.3 is 20.2 Å². The Hall–Kier alpha value is -1.35. The predicted octanol–water partition coefficient (Wildman–Crippen LogP) is 2.46. The minimum atomic E-state index is -0.274. The number of hydrogen-bond donors (Lipinski definition) is 2. The summed E-state index contributed by atoms with van der Waals surface area (Å²) in [6, 6.07) is 7.81. The van der Waals surface area contributed by atoms with Gasteiger partial charge in [0.15, 0.2) is 5.96 Å². The molecule has 0 radical (unpaired) electrons. The first-order valence-electron chi connectivity index (χ1n) is 9.77. The first-order valence-corrected chi connectivity index (χ1v) is 9.77. The van der Waals surface area contributed by atoms with Gasteiger partial charge in [-0.1, -0.05) is 12.1 Å². The number of amides is 1. The Kier molecular flexibility index (Phi) is 8.82. The fraction of sp³-hybridized carbons (Fsp3) is 0.600. The third kappa shape index (κ3) is 6.07. The summed E-state index contributed by atoms with van der Waals surface area (Å²) in [6.07, 6.45) is 3.93. The molecule has 0 unspecified atom stereocenters. The Bertz CT molecular complexity index is 647. The Morgan fingerprint density at radius 3 is 2.67 bits per heavy atom.